The molecule has 0 amide bonds. The first-order valence-corrected chi connectivity index (χ1v) is 12.0. The number of oxime groups is 1. The topological polar surface area (TPSA) is 87.3 Å². The van der Waals surface area contributed by atoms with Crippen LogP contribution in [0.1, 0.15) is 43.6 Å². The predicted octanol–water partition coefficient (Wildman–Crippen LogP) is 3.60. The summed E-state index contributed by atoms with van der Waals surface area (Å²) in [6.07, 6.45) is 0.316. The fourth-order valence-electron chi connectivity index (χ4n) is 3.88. The summed E-state index contributed by atoms with van der Waals surface area (Å²) in [5.74, 6) is -0.594. The van der Waals surface area contributed by atoms with Crippen molar-refractivity contribution < 1.29 is 23.1 Å². The molecule has 3 rings (SSSR count). The first-order chi connectivity index (χ1) is 18.1. The highest BCUT2D eigenvalue weighted by Gasteiger charge is 2.23. The number of methoxy groups -OCH3 is 2. The van der Waals surface area contributed by atoms with E-state index in [0.29, 0.717) is 16.9 Å². The summed E-state index contributed by atoms with van der Waals surface area (Å²) >= 11 is 0. The quantitative estimate of drug-likeness (QED) is 0.278. The summed E-state index contributed by atoms with van der Waals surface area (Å²) in [5.41, 5.74) is -0.349. The van der Waals surface area contributed by atoms with Crippen molar-refractivity contribution in [3.05, 3.63) is 97.8 Å². The zero-order chi connectivity index (χ0) is 28.0. The van der Waals surface area contributed by atoms with Crippen molar-refractivity contribution in [1.82, 2.24) is 9.24 Å². The van der Waals surface area contributed by atoms with Crippen LogP contribution in [0.2, 0.25) is 0 Å². The minimum atomic E-state index is -0.807. The number of hydrogen-bond acceptors (Lipinski definition) is 7. The Hall–Kier alpha value is -3.99. The SMILES string of the molecule is COc1ccc(F)cc1C(Cn1cc(/C(C)=N/OC(C)C)c(=O)n(N(C)Cc2ccccc2F)c1=O)OC. The lowest BCUT2D eigenvalue weighted by molar-refractivity contribution is 0.0833. The first-order valence-electron chi connectivity index (χ1n) is 12.0. The third-order valence-electron chi connectivity index (χ3n) is 5.81. The summed E-state index contributed by atoms with van der Waals surface area (Å²) in [6, 6.07) is 10.1. The molecular formula is C27H32F2N4O5. The molecule has 9 nitrogen and oxygen atoms in total. The van der Waals surface area contributed by atoms with Gasteiger partial charge in [-0.15, -0.1) is 0 Å². The van der Waals surface area contributed by atoms with Gasteiger partial charge in [-0.25, -0.2) is 13.6 Å². The summed E-state index contributed by atoms with van der Waals surface area (Å²) in [5, 5.41) is 5.35. The molecular weight excluding hydrogens is 498 g/mol. The highest BCUT2D eigenvalue weighted by atomic mass is 19.1. The van der Waals surface area contributed by atoms with Crippen molar-refractivity contribution in [3.63, 3.8) is 0 Å². The third-order valence-corrected chi connectivity index (χ3v) is 5.81. The van der Waals surface area contributed by atoms with Crippen molar-refractivity contribution in [2.75, 3.05) is 26.3 Å². The lowest BCUT2D eigenvalue weighted by atomic mass is 10.1. The molecule has 0 bridgehead atoms. The van der Waals surface area contributed by atoms with Crippen molar-refractivity contribution in [2.24, 2.45) is 5.16 Å². The van der Waals surface area contributed by atoms with Crippen LogP contribution in [0.3, 0.4) is 0 Å². The lowest BCUT2D eigenvalue weighted by Crippen LogP contribution is -2.52. The van der Waals surface area contributed by atoms with E-state index in [-0.39, 0.29) is 30.5 Å². The Morgan fingerprint density at radius 1 is 1.11 bits per heavy atom. The van der Waals surface area contributed by atoms with Crippen molar-refractivity contribution in [3.8, 4) is 5.75 Å². The third kappa shape index (κ3) is 6.46. The Balaban J connectivity index is 2.15. The normalized spacial score (nSPS) is 12.5. The molecule has 1 aromatic heterocycles. The molecule has 204 valence electrons. The predicted molar refractivity (Wildman–Crippen MR) is 140 cm³/mol. The molecule has 0 aliphatic heterocycles. The number of halogens is 2. The molecule has 0 fully saturated rings. The van der Waals surface area contributed by atoms with Gasteiger partial charge in [0.05, 0.1) is 31.5 Å². The van der Waals surface area contributed by atoms with Crippen LogP contribution in [0.4, 0.5) is 8.78 Å². The maximum absolute atomic E-state index is 14.3. The molecule has 1 unspecified atom stereocenters. The van der Waals surface area contributed by atoms with Crippen LogP contribution in [0.15, 0.2) is 63.4 Å². The minimum absolute atomic E-state index is 0.0601. The average Bonchev–Trinajstić information content (AvgIpc) is 2.88. The second-order valence-corrected chi connectivity index (χ2v) is 8.94. The molecule has 2 aromatic carbocycles. The Bertz CT molecular complexity index is 1420. The van der Waals surface area contributed by atoms with Crippen LogP contribution < -0.4 is 21.0 Å². The zero-order valence-electron chi connectivity index (χ0n) is 22.3. The number of aromatic nitrogens is 2. The van der Waals surface area contributed by atoms with Gasteiger partial charge in [-0.1, -0.05) is 23.4 Å². The number of ether oxygens (including phenoxy) is 2. The van der Waals surface area contributed by atoms with Crippen molar-refractivity contribution >= 4 is 5.71 Å². The molecule has 1 atom stereocenters. The van der Waals surface area contributed by atoms with Gasteiger partial charge in [0.2, 0.25) is 0 Å². The Morgan fingerprint density at radius 3 is 2.45 bits per heavy atom. The van der Waals surface area contributed by atoms with Crippen LogP contribution in [0, 0.1) is 11.6 Å². The first kappa shape index (κ1) is 28.6. The van der Waals surface area contributed by atoms with Gasteiger partial charge in [0, 0.05) is 31.5 Å². The smallest absolute Gasteiger partial charge is 0.350 e. The van der Waals surface area contributed by atoms with Gasteiger partial charge in [-0.05, 0) is 45.0 Å². The van der Waals surface area contributed by atoms with Gasteiger partial charge in [0.25, 0.3) is 5.56 Å². The fourth-order valence-corrected chi connectivity index (χ4v) is 3.88. The molecule has 0 saturated carbocycles. The van der Waals surface area contributed by atoms with E-state index < -0.39 is 29.0 Å². The van der Waals surface area contributed by atoms with Gasteiger partial charge in [0.1, 0.15) is 29.6 Å². The highest BCUT2D eigenvalue weighted by molar-refractivity contribution is 5.97. The van der Waals surface area contributed by atoms with E-state index in [1.165, 1.54) is 61.3 Å². The van der Waals surface area contributed by atoms with Gasteiger partial charge >= 0.3 is 5.69 Å². The molecule has 1 heterocycles. The van der Waals surface area contributed by atoms with Crippen LogP contribution in [-0.2, 0) is 22.7 Å². The van der Waals surface area contributed by atoms with E-state index in [1.807, 2.05) is 0 Å². The molecule has 11 heteroatoms. The second kappa shape index (κ2) is 12.5. The molecule has 0 N–H and O–H groups in total. The van der Waals surface area contributed by atoms with Gasteiger partial charge < -0.3 is 19.3 Å². The van der Waals surface area contributed by atoms with Crippen molar-refractivity contribution in [2.45, 2.75) is 46.1 Å². The van der Waals surface area contributed by atoms with Crippen LogP contribution in [-0.4, -0.2) is 42.3 Å². The fraction of sp³-hybridized carbons (Fsp3) is 0.370. The molecule has 0 spiro atoms. The maximum Gasteiger partial charge on any atom is 0.350 e. The van der Waals surface area contributed by atoms with Gasteiger partial charge in [-0.3, -0.25) is 9.36 Å². The average molecular weight is 531 g/mol. The van der Waals surface area contributed by atoms with Crippen molar-refractivity contribution in [1.29, 1.82) is 0 Å². The van der Waals surface area contributed by atoms with Gasteiger partial charge in [0.15, 0.2) is 0 Å². The summed E-state index contributed by atoms with van der Waals surface area (Å²) < 4.78 is 41.6. The zero-order valence-corrected chi connectivity index (χ0v) is 22.3. The largest absolute Gasteiger partial charge is 0.496 e. The Kier molecular flexibility index (Phi) is 9.40. The summed E-state index contributed by atoms with van der Waals surface area (Å²) in [4.78, 5) is 32.4. The highest BCUT2D eigenvalue weighted by Crippen LogP contribution is 2.29. The maximum atomic E-state index is 14.3. The number of nitrogens with zero attached hydrogens (tertiary/aromatic N) is 4. The number of rotatable bonds is 11. The van der Waals surface area contributed by atoms with E-state index in [4.69, 9.17) is 14.3 Å². The summed E-state index contributed by atoms with van der Waals surface area (Å²) in [6.45, 7) is 5.00. The molecule has 0 saturated heterocycles. The summed E-state index contributed by atoms with van der Waals surface area (Å²) in [7, 11) is 4.37. The molecule has 0 aliphatic carbocycles. The van der Waals surface area contributed by atoms with E-state index >= 15 is 0 Å². The molecule has 0 aliphatic rings. The Labute approximate surface area is 219 Å². The number of benzene rings is 2. The van der Waals surface area contributed by atoms with Gasteiger partial charge in [-0.2, -0.15) is 4.68 Å². The van der Waals surface area contributed by atoms with E-state index in [2.05, 4.69) is 5.16 Å². The Morgan fingerprint density at radius 2 is 1.82 bits per heavy atom. The number of hydrogen-bond donors (Lipinski definition) is 0. The monoisotopic (exact) mass is 530 g/mol. The van der Waals surface area contributed by atoms with E-state index in [0.717, 1.165) is 4.68 Å². The van der Waals surface area contributed by atoms with E-state index in [1.54, 1.807) is 39.0 Å². The van der Waals surface area contributed by atoms with Crippen LogP contribution >= 0.6 is 0 Å². The van der Waals surface area contributed by atoms with Crippen LogP contribution in [0.25, 0.3) is 0 Å². The lowest BCUT2D eigenvalue weighted by Gasteiger charge is -2.25. The van der Waals surface area contributed by atoms with E-state index in [9.17, 15) is 18.4 Å². The standard InChI is InChI=1S/C27H32F2N4O5/c1-17(2)38-30-18(3)22-15-32(16-25(37-6)21-13-20(28)11-12-24(21)36-5)27(35)33(26(22)34)31(4)14-19-9-7-8-10-23(19)29/h7-13,15,17,25H,14,16H2,1-6H3/b30-18+. The molecule has 3 aromatic rings. The molecule has 0 radical (unpaired) electrons. The second-order valence-electron chi connectivity index (χ2n) is 8.94. The van der Waals surface area contributed by atoms with Crippen LogP contribution in [0.5, 0.6) is 5.75 Å². The molecule has 38 heavy (non-hydrogen) atoms. The minimum Gasteiger partial charge on any atom is -0.496 e.